The molecule has 0 radical (unpaired) electrons. The monoisotopic (exact) mass is 439 g/mol. The molecule has 2 aromatic rings. The van der Waals surface area contributed by atoms with Gasteiger partial charge in [-0.25, -0.2) is 0 Å². The van der Waals surface area contributed by atoms with Crippen molar-refractivity contribution in [3.05, 3.63) is 54.4 Å². The molecular formula is C24H29N3O5. The molecule has 2 amide bonds. The van der Waals surface area contributed by atoms with Crippen molar-refractivity contribution < 1.29 is 23.8 Å². The van der Waals surface area contributed by atoms with E-state index < -0.39 is 6.04 Å². The quantitative estimate of drug-likeness (QED) is 0.656. The molecule has 1 aromatic carbocycles. The first-order valence-electron chi connectivity index (χ1n) is 11.0. The van der Waals surface area contributed by atoms with Gasteiger partial charge in [-0.1, -0.05) is 12.1 Å². The molecule has 170 valence electrons. The fourth-order valence-electron chi connectivity index (χ4n) is 4.18. The smallest absolute Gasteiger partial charge is 0.245 e. The van der Waals surface area contributed by atoms with Crippen LogP contribution in [-0.4, -0.2) is 78.7 Å². The molecule has 0 spiro atoms. The minimum Gasteiger partial charge on any atom is -0.497 e. The second kappa shape index (κ2) is 10.5. The van der Waals surface area contributed by atoms with E-state index in [1.807, 2.05) is 30.3 Å². The van der Waals surface area contributed by atoms with Crippen LogP contribution >= 0.6 is 0 Å². The van der Waals surface area contributed by atoms with Crippen molar-refractivity contribution in [2.75, 3.05) is 40.0 Å². The predicted octanol–water partition coefficient (Wildman–Crippen LogP) is 1.93. The summed E-state index contributed by atoms with van der Waals surface area (Å²) in [7, 11) is 1.63. The predicted molar refractivity (Wildman–Crippen MR) is 117 cm³/mol. The molecule has 0 saturated carbocycles. The fraction of sp³-hybridized carbons (Fsp3) is 0.458. The van der Waals surface area contributed by atoms with Crippen LogP contribution in [-0.2, 0) is 20.7 Å². The van der Waals surface area contributed by atoms with E-state index in [-0.39, 0.29) is 17.9 Å². The number of nitrogens with zero attached hydrogens (tertiary/aromatic N) is 3. The van der Waals surface area contributed by atoms with Crippen LogP contribution in [0.2, 0.25) is 0 Å². The lowest BCUT2D eigenvalue weighted by Gasteiger charge is -2.32. The van der Waals surface area contributed by atoms with Crippen molar-refractivity contribution in [1.82, 2.24) is 14.8 Å². The summed E-state index contributed by atoms with van der Waals surface area (Å²) in [5.41, 5.74) is 1.05. The highest BCUT2D eigenvalue weighted by Crippen LogP contribution is 2.26. The van der Waals surface area contributed by atoms with Crippen molar-refractivity contribution in [1.29, 1.82) is 0 Å². The molecule has 4 rings (SSSR count). The van der Waals surface area contributed by atoms with E-state index in [0.29, 0.717) is 57.9 Å². The molecule has 1 aromatic heterocycles. The Morgan fingerprint density at radius 1 is 1.12 bits per heavy atom. The summed E-state index contributed by atoms with van der Waals surface area (Å²) in [6, 6.07) is 10.8. The van der Waals surface area contributed by atoms with Gasteiger partial charge in [-0.2, -0.15) is 0 Å². The number of rotatable bonds is 7. The highest BCUT2D eigenvalue weighted by Gasteiger charge is 2.42. The van der Waals surface area contributed by atoms with Crippen LogP contribution < -0.4 is 9.47 Å². The number of hydrogen-bond acceptors (Lipinski definition) is 6. The minimum atomic E-state index is -0.516. The van der Waals surface area contributed by atoms with E-state index in [0.717, 1.165) is 11.3 Å². The summed E-state index contributed by atoms with van der Waals surface area (Å²) >= 11 is 0. The van der Waals surface area contributed by atoms with E-state index >= 15 is 0 Å². The second-order valence-electron chi connectivity index (χ2n) is 8.01. The zero-order chi connectivity index (χ0) is 22.3. The van der Waals surface area contributed by atoms with Gasteiger partial charge < -0.3 is 24.0 Å². The summed E-state index contributed by atoms with van der Waals surface area (Å²) in [6.07, 6.45) is 4.48. The van der Waals surface area contributed by atoms with Crippen LogP contribution in [0.3, 0.4) is 0 Å². The van der Waals surface area contributed by atoms with E-state index in [9.17, 15) is 9.59 Å². The second-order valence-corrected chi connectivity index (χ2v) is 8.01. The molecule has 0 N–H and O–H groups in total. The number of aromatic nitrogens is 1. The summed E-state index contributed by atoms with van der Waals surface area (Å²) < 4.78 is 16.6. The van der Waals surface area contributed by atoms with Crippen molar-refractivity contribution in [2.45, 2.75) is 31.4 Å². The topological polar surface area (TPSA) is 81.2 Å². The maximum absolute atomic E-state index is 13.3. The first kappa shape index (κ1) is 22.1. The van der Waals surface area contributed by atoms with Gasteiger partial charge in [0.25, 0.3) is 0 Å². The summed E-state index contributed by atoms with van der Waals surface area (Å²) in [4.78, 5) is 34.0. The standard InChI is InChI=1S/C24H29N3O5/c1-30-19-7-4-18(5-8-19)6-9-23(28)27-17-21(32-20-3-2-10-25-16-20)15-22(27)24(29)26-11-13-31-14-12-26/h2-5,7-8,10,16,21-22H,6,9,11-15,17H2,1H3. The molecule has 3 heterocycles. The van der Waals surface area contributed by atoms with Crippen LogP contribution in [0.5, 0.6) is 11.5 Å². The van der Waals surface area contributed by atoms with Gasteiger partial charge in [-0.05, 0) is 36.2 Å². The average Bonchev–Trinajstić information content (AvgIpc) is 3.27. The molecule has 0 bridgehead atoms. The Morgan fingerprint density at radius 3 is 2.59 bits per heavy atom. The van der Waals surface area contributed by atoms with Crippen LogP contribution in [0.4, 0.5) is 0 Å². The molecule has 0 aliphatic carbocycles. The van der Waals surface area contributed by atoms with Crippen molar-refractivity contribution in [3.63, 3.8) is 0 Å². The summed E-state index contributed by atoms with van der Waals surface area (Å²) in [5, 5.41) is 0. The van der Waals surface area contributed by atoms with Crippen LogP contribution in [0.15, 0.2) is 48.8 Å². The lowest BCUT2D eigenvalue weighted by molar-refractivity contribution is -0.146. The number of methoxy groups -OCH3 is 1. The molecule has 2 saturated heterocycles. The highest BCUT2D eigenvalue weighted by molar-refractivity contribution is 5.88. The van der Waals surface area contributed by atoms with Gasteiger partial charge in [0.15, 0.2) is 0 Å². The first-order valence-corrected chi connectivity index (χ1v) is 11.0. The Labute approximate surface area is 188 Å². The van der Waals surface area contributed by atoms with E-state index in [1.165, 1.54) is 0 Å². The summed E-state index contributed by atoms with van der Waals surface area (Å²) in [6.45, 7) is 2.55. The molecule has 2 unspecified atom stereocenters. The van der Waals surface area contributed by atoms with Gasteiger partial charge in [0, 0.05) is 32.1 Å². The molecule has 2 aliphatic heterocycles. The van der Waals surface area contributed by atoms with Crippen molar-refractivity contribution in [3.8, 4) is 11.5 Å². The number of benzene rings is 1. The Kier molecular flexibility index (Phi) is 7.21. The lowest BCUT2D eigenvalue weighted by Crippen LogP contribution is -2.51. The number of carbonyl (C=O) groups excluding carboxylic acids is 2. The molecular weight excluding hydrogens is 410 g/mol. The number of amides is 2. The zero-order valence-electron chi connectivity index (χ0n) is 18.3. The van der Waals surface area contributed by atoms with Gasteiger partial charge in [-0.15, -0.1) is 0 Å². The number of hydrogen-bond donors (Lipinski definition) is 0. The molecule has 8 heteroatoms. The fourth-order valence-corrected chi connectivity index (χ4v) is 4.18. The number of morpholine rings is 1. The van der Waals surface area contributed by atoms with Gasteiger partial charge in [-0.3, -0.25) is 14.6 Å². The van der Waals surface area contributed by atoms with Gasteiger partial charge in [0.2, 0.25) is 11.8 Å². The van der Waals surface area contributed by atoms with E-state index in [4.69, 9.17) is 14.2 Å². The Hall–Kier alpha value is -3.13. The van der Waals surface area contributed by atoms with Gasteiger partial charge >= 0.3 is 0 Å². The largest absolute Gasteiger partial charge is 0.497 e. The SMILES string of the molecule is COc1ccc(CCC(=O)N2CC(Oc3cccnc3)CC2C(=O)N2CCOCC2)cc1. The maximum atomic E-state index is 13.3. The lowest BCUT2D eigenvalue weighted by atomic mass is 10.1. The van der Waals surface area contributed by atoms with Crippen LogP contribution in [0.25, 0.3) is 0 Å². The van der Waals surface area contributed by atoms with Gasteiger partial charge in [0.05, 0.1) is 33.1 Å². The third-order valence-corrected chi connectivity index (χ3v) is 5.91. The van der Waals surface area contributed by atoms with Crippen LogP contribution in [0, 0.1) is 0 Å². The highest BCUT2D eigenvalue weighted by atomic mass is 16.5. The average molecular weight is 440 g/mol. The number of ether oxygens (including phenoxy) is 3. The number of aryl methyl sites for hydroxylation is 1. The molecule has 2 aliphatic rings. The third-order valence-electron chi connectivity index (χ3n) is 5.91. The Balaban J connectivity index is 1.43. The van der Waals surface area contributed by atoms with Crippen LogP contribution in [0.1, 0.15) is 18.4 Å². The summed E-state index contributed by atoms with van der Waals surface area (Å²) in [5.74, 6) is 1.36. The molecule has 2 fully saturated rings. The number of likely N-dealkylation sites (tertiary alicyclic amines) is 1. The molecule has 8 nitrogen and oxygen atoms in total. The third kappa shape index (κ3) is 5.37. The zero-order valence-corrected chi connectivity index (χ0v) is 18.3. The Morgan fingerprint density at radius 2 is 1.91 bits per heavy atom. The van der Waals surface area contributed by atoms with E-state index in [1.54, 1.807) is 35.4 Å². The van der Waals surface area contributed by atoms with Crippen molar-refractivity contribution in [2.24, 2.45) is 0 Å². The normalized spacial score (nSPS) is 20.8. The maximum Gasteiger partial charge on any atom is 0.245 e. The van der Waals surface area contributed by atoms with E-state index in [2.05, 4.69) is 4.98 Å². The number of carbonyl (C=O) groups is 2. The molecule has 32 heavy (non-hydrogen) atoms. The first-order chi connectivity index (χ1) is 15.6. The Bertz CT molecular complexity index is 900. The minimum absolute atomic E-state index is 0.0246. The van der Waals surface area contributed by atoms with Gasteiger partial charge in [0.1, 0.15) is 23.6 Å². The number of pyridine rings is 1. The molecule has 2 atom stereocenters. The van der Waals surface area contributed by atoms with Crippen molar-refractivity contribution >= 4 is 11.8 Å².